The molecule has 0 spiro atoms. The smallest absolute Gasteiger partial charge is 0.0314 e. The molecule has 92 valence electrons. The fraction of sp³-hybridized carbons (Fsp3) is 0.692. The predicted molar refractivity (Wildman–Crippen MR) is 77.2 cm³/mol. The van der Waals surface area contributed by atoms with Crippen molar-refractivity contribution >= 4 is 27.3 Å². The largest absolute Gasteiger partial charge is 0.316 e. The molecule has 0 bridgehead atoms. The van der Waals surface area contributed by atoms with Crippen LogP contribution < -0.4 is 5.32 Å². The van der Waals surface area contributed by atoms with Gasteiger partial charge in [0.1, 0.15) is 0 Å². The van der Waals surface area contributed by atoms with Crippen LogP contribution in [0.15, 0.2) is 15.9 Å². The predicted octanol–water partition coefficient (Wildman–Crippen LogP) is 4.32. The molecule has 0 amide bonds. The minimum absolute atomic E-state index is 0.735. The number of nitrogens with one attached hydrogen (secondary N) is 1. The van der Waals surface area contributed by atoms with Crippen LogP contribution in [0.2, 0.25) is 0 Å². The van der Waals surface area contributed by atoms with Crippen LogP contribution in [-0.4, -0.2) is 13.1 Å². The maximum absolute atomic E-state index is 3.60. The zero-order valence-electron chi connectivity index (χ0n) is 10.4. The first-order chi connectivity index (χ1) is 7.65. The molecule has 0 fully saturated rings. The Kier molecular flexibility index (Phi) is 6.62. The summed E-state index contributed by atoms with van der Waals surface area (Å²) in [7, 11) is 0. The van der Waals surface area contributed by atoms with Crippen LogP contribution in [0.4, 0.5) is 0 Å². The van der Waals surface area contributed by atoms with Gasteiger partial charge in [0.05, 0.1) is 0 Å². The summed E-state index contributed by atoms with van der Waals surface area (Å²) in [6, 6.07) is 2.15. The minimum Gasteiger partial charge on any atom is -0.316 e. The van der Waals surface area contributed by atoms with Gasteiger partial charge in [-0.3, -0.25) is 0 Å². The van der Waals surface area contributed by atoms with Gasteiger partial charge in [0.15, 0.2) is 0 Å². The van der Waals surface area contributed by atoms with E-state index in [1.54, 1.807) is 0 Å². The topological polar surface area (TPSA) is 12.0 Å². The first kappa shape index (κ1) is 14.2. The second kappa shape index (κ2) is 7.46. The highest BCUT2D eigenvalue weighted by molar-refractivity contribution is 9.10. The quantitative estimate of drug-likeness (QED) is 0.740. The van der Waals surface area contributed by atoms with Crippen molar-refractivity contribution in [2.24, 2.45) is 11.8 Å². The summed E-state index contributed by atoms with van der Waals surface area (Å²) in [4.78, 5) is 1.48. The Hall–Kier alpha value is 0.140. The zero-order valence-corrected chi connectivity index (χ0v) is 12.8. The van der Waals surface area contributed by atoms with E-state index in [-0.39, 0.29) is 0 Å². The van der Waals surface area contributed by atoms with E-state index in [1.165, 1.54) is 22.2 Å². The van der Waals surface area contributed by atoms with E-state index in [4.69, 9.17) is 0 Å². The monoisotopic (exact) mass is 303 g/mol. The molecule has 1 heterocycles. The van der Waals surface area contributed by atoms with Crippen molar-refractivity contribution in [1.82, 2.24) is 5.32 Å². The number of rotatable bonds is 7. The molecule has 16 heavy (non-hydrogen) atoms. The summed E-state index contributed by atoms with van der Waals surface area (Å²) in [5.41, 5.74) is 0. The average molecular weight is 304 g/mol. The molecular weight excluding hydrogens is 282 g/mol. The Balaban J connectivity index is 2.34. The van der Waals surface area contributed by atoms with Gasteiger partial charge < -0.3 is 5.32 Å². The number of hydrogen-bond acceptors (Lipinski definition) is 2. The number of hydrogen-bond donors (Lipinski definition) is 1. The van der Waals surface area contributed by atoms with Gasteiger partial charge >= 0.3 is 0 Å². The molecule has 3 heteroatoms. The van der Waals surface area contributed by atoms with Gasteiger partial charge in [-0.1, -0.05) is 20.8 Å². The van der Waals surface area contributed by atoms with Crippen LogP contribution in [0.25, 0.3) is 0 Å². The molecule has 2 atom stereocenters. The summed E-state index contributed by atoms with van der Waals surface area (Å²) in [5, 5.41) is 5.66. The third-order valence-corrected chi connectivity index (χ3v) is 5.01. The molecule has 0 saturated heterocycles. The molecule has 0 aliphatic rings. The van der Waals surface area contributed by atoms with Crippen molar-refractivity contribution in [3.05, 3.63) is 20.8 Å². The Morgan fingerprint density at radius 1 is 1.38 bits per heavy atom. The lowest BCUT2D eigenvalue weighted by atomic mass is 9.92. The molecule has 0 aliphatic heterocycles. The normalized spacial score (nSPS) is 15.0. The highest BCUT2D eigenvalue weighted by atomic mass is 79.9. The Morgan fingerprint density at radius 2 is 2.12 bits per heavy atom. The molecule has 1 aromatic rings. The van der Waals surface area contributed by atoms with Gasteiger partial charge in [-0.2, -0.15) is 0 Å². The van der Waals surface area contributed by atoms with Crippen LogP contribution in [0, 0.1) is 11.8 Å². The van der Waals surface area contributed by atoms with Crippen molar-refractivity contribution in [1.29, 1.82) is 0 Å². The van der Waals surface area contributed by atoms with Crippen LogP contribution in [0.3, 0.4) is 0 Å². The van der Waals surface area contributed by atoms with Crippen LogP contribution in [0.1, 0.15) is 32.1 Å². The van der Waals surface area contributed by atoms with Gasteiger partial charge in [-0.05, 0) is 65.1 Å². The van der Waals surface area contributed by atoms with E-state index >= 15 is 0 Å². The molecule has 1 N–H and O–H groups in total. The van der Waals surface area contributed by atoms with E-state index in [0.29, 0.717) is 0 Å². The highest BCUT2D eigenvalue weighted by Crippen LogP contribution is 2.27. The molecule has 0 aromatic carbocycles. The van der Waals surface area contributed by atoms with Crippen LogP contribution in [-0.2, 0) is 6.42 Å². The summed E-state index contributed by atoms with van der Waals surface area (Å²) in [6.45, 7) is 9.18. The van der Waals surface area contributed by atoms with E-state index < -0.39 is 0 Å². The molecule has 0 saturated carbocycles. The van der Waals surface area contributed by atoms with Crippen LogP contribution in [0.5, 0.6) is 0 Å². The second-order valence-corrected chi connectivity index (χ2v) is 6.41. The number of halogens is 1. The van der Waals surface area contributed by atoms with E-state index in [2.05, 4.69) is 53.5 Å². The van der Waals surface area contributed by atoms with E-state index in [1.807, 2.05) is 11.3 Å². The summed E-state index contributed by atoms with van der Waals surface area (Å²) >= 11 is 5.46. The van der Waals surface area contributed by atoms with E-state index in [0.717, 1.165) is 24.9 Å². The Morgan fingerprint density at radius 3 is 2.69 bits per heavy atom. The summed E-state index contributed by atoms with van der Waals surface area (Å²) in [5.74, 6) is 1.47. The Bertz CT molecular complexity index is 298. The van der Waals surface area contributed by atoms with Gasteiger partial charge in [-0.15, -0.1) is 11.3 Å². The lowest BCUT2D eigenvalue weighted by Crippen LogP contribution is -2.26. The summed E-state index contributed by atoms with van der Waals surface area (Å²) < 4.78 is 1.28. The zero-order chi connectivity index (χ0) is 12.0. The molecular formula is C13H22BrNS. The van der Waals surface area contributed by atoms with Gasteiger partial charge in [0, 0.05) is 9.35 Å². The van der Waals surface area contributed by atoms with Crippen molar-refractivity contribution in [3.63, 3.8) is 0 Å². The molecule has 1 nitrogen and oxygen atoms in total. The van der Waals surface area contributed by atoms with Gasteiger partial charge in [0.2, 0.25) is 0 Å². The Labute approximate surface area is 112 Å². The fourth-order valence-corrected chi connectivity index (χ4v) is 3.33. The van der Waals surface area contributed by atoms with E-state index in [9.17, 15) is 0 Å². The van der Waals surface area contributed by atoms with Crippen molar-refractivity contribution in [2.75, 3.05) is 13.1 Å². The third-order valence-electron chi connectivity index (χ3n) is 3.06. The maximum Gasteiger partial charge on any atom is 0.0314 e. The first-order valence-electron chi connectivity index (χ1n) is 6.07. The molecule has 1 rings (SSSR count). The minimum atomic E-state index is 0.735. The standard InChI is InChI=1S/C13H22BrNS/c1-4-6-15-9-11(3)10(2)8-13-12(14)5-7-16-13/h5,7,10-11,15H,4,6,8-9H2,1-3H3. The molecule has 2 unspecified atom stereocenters. The SMILES string of the molecule is CCCNCC(C)C(C)Cc1sccc1Br. The third kappa shape index (κ3) is 4.56. The second-order valence-electron chi connectivity index (χ2n) is 4.55. The van der Waals surface area contributed by atoms with Crippen molar-refractivity contribution in [2.45, 2.75) is 33.6 Å². The van der Waals surface area contributed by atoms with Crippen LogP contribution >= 0.6 is 27.3 Å². The lowest BCUT2D eigenvalue weighted by Gasteiger charge is -2.20. The maximum atomic E-state index is 3.60. The fourth-order valence-electron chi connectivity index (χ4n) is 1.67. The van der Waals surface area contributed by atoms with Gasteiger partial charge in [-0.25, -0.2) is 0 Å². The first-order valence-corrected chi connectivity index (χ1v) is 7.75. The molecule has 0 radical (unpaired) electrons. The molecule has 0 aliphatic carbocycles. The number of thiophene rings is 1. The summed E-state index contributed by atoms with van der Waals surface area (Å²) in [6.07, 6.45) is 2.41. The molecule has 1 aromatic heterocycles. The van der Waals surface area contributed by atoms with Crippen molar-refractivity contribution in [3.8, 4) is 0 Å². The lowest BCUT2D eigenvalue weighted by molar-refractivity contribution is 0.367. The highest BCUT2D eigenvalue weighted by Gasteiger charge is 2.14. The average Bonchev–Trinajstić information content (AvgIpc) is 2.64. The van der Waals surface area contributed by atoms with Gasteiger partial charge in [0.25, 0.3) is 0 Å². The van der Waals surface area contributed by atoms with Crippen molar-refractivity contribution < 1.29 is 0 Å².